The Morgan fingerprint density at radius 2 is 2.15 bits per heavy atom. The molecule has 5 heteroatoms. The Balaban J connectivity index is 2.04. The lowest BCUT2D eigenvalue weighted by Gasteiger charge is -2.13. The molecular weight excluding hydrogens is 252 g/mol. The third-order valence-electron chi connectivity index (χ3n) is 2.56. The van der Waals surface area contributed by atoms with Crippen LogP contribution in [0.15, 0.2) is 36.7 Å². The molecule has 0 aliphatic carbocycles. The summed E-state index contributed by atoms with van der Waals surface area (Å²) >= 11 is 0. The SMILES string of the molecule is CC(C)Oc1ncccc1CNc1ccc(C#N)nc1. The smallest absolute Gasteiger partial charge is 0.218 e. The number of aromatic nitrogens is 2. The van der Waals surface area contributed by atoms with Gasteiger partial charge in [-0.05, 0) is 32.0 Å². The zero-order chi connectivity index (χ0) is 14.4. The Morgan fingerprint density at radius 1 is 1.30 bits per heavy atom. The Kier molecular flexibility index (Phi) is 4.51. The first-order valence-electron chi connectivity index (χ1n) is 6.39. The van der Waals surface area contributed by atoms with Gasteiger partial charge in [-0.3, -0.25) is 0 Å². The fourth-order valence-electron chi connectivity index (χ4n) is 1.65. The number of pyridine rings is 2. The number of anilines is 1. The fraction of sp³-hybridized carbons (Fsp3) is 0.267. The van der Waals surface area contributed by atoms with Gasteiger partial charge in [-0.2, -0.15) is 5.26 Å². The average molecular weight is 268 g/mol. The lowest BCUT2D eigenvalue weighted by atomic mass is 10.2. The highest BCUT2D eigenvalue weighted by Gasteiger charge is 2.06. The van der Waals surface area contributed by atoms with Crippen molar-refractivity contribution in [3.63, 3.8) is 0 Å². The van der Waals surface area contributed by atoms with Crippen LogP contribution in [0.5, 0.6) is 5.88 Å². The summed E-state index contributed by atoms with van der Waals surface area (Å²) in [6, 6.07) is 9.34. The summed E-state index contributed by atoms with van der Waals surface area (Å²) in [7, 11) is 0. The highest BCUT2D eigenvalue weighted by molar-refractivity contribution is 5.44. The van der Waals surface area contributed by atoms with Crippen molar-refractivity contribution >= 4 is 5.69 Å². The zero-order valence-electron chi connectivity index (χ0n) is 11.5. The Labute approximate surface area is 118 Å². The van der Waals surface area contributed by atoms with Gasteiger partial charge in [-0.1, -0.05) is 6.07 Å². The standard InChI is InChI=1S/C15H16N4O/c1-11(2)20-15-12(4-3-7-17-15)9-18-14-6-5-13(8-16)19-10-14/h3-7,10-11,18H,9H2,1-2H3. The summed E-state index contributed by atoms with van der Waals surface area (Å²) in [5.74, 6) is 0.636. The molecule has 0 radical (unpaired) electrons. The van der Waals surface area contributed by atoms with E-state index in [2.05, 4.69) is 15.3 Å². The number of nitriles is 1. The van der Waals surface area contributed by atoms with E-state index in [1.807, 2.05) is 38.1 Å². The van der Waals surface area contributed by atoms with Crippen molar-refractivity contribution in [2.75, 3.05) is 5.32 Å². The van der Waals surface area contributed by atoms with E-state index in [4.69, 9.17) is 10.00 Å². The molecule has 0 amide bonds. The number of nitrogens with zero attached hydrogens (tertiary/aromatic N) is 3. The molecule has 20 heavy (non-hydrogen) atoms. The van der Waals surface area contributed by atoms with E-state index in [1.54, 1.807) is 18.5 Å². The van der Waals surface area contributed by atoms with Gasteiger partial charge < -0.3 is 10.1 Å². The van der Waals surface area contributed by atoms with Gasteiger partial charge in [0.15, 0.2) is 0 Å². The van der Waals surface area contributed by atoms with Gasteiger partial charge in [0.05, 0.1) is 18.0 Å². The molecule has 0 saturated carbocycles. The number of ether oxygens (including phenoxy) is 1. The van der Waals surface area contributed by atoms with Gasteiger partial charge >= 0.3 is 0 Å². The van der Waals surface area contributed by atoms with E-state index in [-0.39, 0.29) is 6.10 Å². The van der Waals surface area contributed by atoms with E-state index in [9.17, 15) is 0 Å². The van der Waals surface area contributed by atoms with E-state index in [0.29, 0.717) is 18.1 Å². The molecule has 102 valence electrons. The normalized spacial score (nSPS) is 10.1. The average Bonchev–Trinajstić information content (AvgIpc) is 2.46. The lowest BCUT2D eigenvalue weighted by Crippen LogP contribution is -2.10. The highest BCUT2D eigenvalue weighted by atomic mass is 16.5. The van der Waals surface area contributed by atoms with E-state index in [0.717, 1.165) is 11.3 Å². The van der Waals surface area contributed by atoms with Crippen LogP contribution >= 0.6 is 0 Å². The molecule has 2 heterocycles. The Hall–Kier alpha value is -2.61. The summed E-state index contributed by atoms with van der Waals surface area (Å²) in [6.07, 6.45) is 3.43. The quantitative estimate of drug-likeness (QED) is 0.902. The molecule has 2 aromatic heterocycles. The molecule has 0 bridgehead atoms. The molecule has 2 rings (SSSR count). The summed E-state index contributed by atoms with van der Waals surface area (Å²) in [5, 5.41) is 11.9. The van der Waals surface area contributed by atoms with E-state index >= 15 is 0 Å². The maximum absolute atomic E-state index is 8.70. The van der Waals surface area contributed by atoms with Gasteiger partial charge in [-0.15, -0.1) is 0 Å². The van der Waals surface area contributed by atoms with Gasteiger partial charge in [0, 0.05) is 18.3 Å². The predicted molar refractivity (Wildman–Crippen MR) is 76.3 cm³/mol. The number of hydrogen-bond donors (Lipinski definition) is 1. The van der Waals surface area contributed by atoms with Crippen LogP contribution in [0.2, 0.25) is 0 Å². The summed E-state index contributed by atoms with van der Waals surface area (Å²) in [5.41, 5.74) is 2.23. The van der Waals surface area contributed by atoms with Gasteiger partial charge in [0.2, 0.25) is 5.88 Å². The van der Waals surface area contributed by atoms with Crippen molar-refractivity contribution in [2.24, 2.45) is 0 Å². The van der Waals surface area contributed by atoms with E-state index in [1.165, 1.54) is 0 Å². The topological polar surface area (TPSA) is 70.8 Å². The molecule has 0 aromatic carbocycles. The Morgan fingerprint density at radius 3 is 2.80 bits per heavy atom. The zero-order valence-corrected chi connectivity index (χ0v) is 11.5. The number of hydrogen-bond acceptors (Lipinski definition) is 5. The Bertz CT molecular complexity index is 602. The minimum absolute atomic E-state index is 0.0835. The molecule has 0 atom stereocenters. The van der Waals surface area contributed by atoms with Gasteiger partial charge in [0.1, 0.15) is 11.8 Å². The van der Waals surface area contributed by atoms with Crippen LogP contribution in [0.3, 0.4) is 0 Å². The molecule has 0 fully saturated rings. The third kappa shape index (κ3) is 3.69. The summed E-state index contributed by atoms with van der Waals surface area (Å²) in [4.78, 5) is 8.25. The molecule has 0 spiro atoms. The van der Waals surface area contributed by atoms with Crippen LogP contribution in [0.4, 0.5) is 5.69 Å². The molecule has 0 unspecified atom stereocenters. The van der Waals surface area contributed by atoms with Gasteiger partial charge in [0.25, 0.3) is 0 Å². The van der Waals surface area contributed by atoms with Gasteiger partial charge in [-0.25, -0.2) is 9.97 Å². The minimum Gasteiger partial charge on any atom is -0.475 e. The predicted octanol–water partition coefficient (Wildman–Crippen LogP) is 2.75. The largest absolute Gasteiger partial charge is 0.475 e. The molecule has 0 aliphatic heterocycles. The first-order valence-corrected chi connectivity index (χ1v) is 6.39. The molecule has 0 saturated heterocycles. The second-order valence-electron chi connectivity index (χ2n) is 4.53. The lowest BCUT2D eigenvalue weighted by molar-refractivity contribution is 0.230. The van der Waals surface area contributed by atoms with Crippen LogP contribution in [-0.4, -0.2) is 16.1 Å². The highest BCUT2D eigenvalue weighted by Crippen LogP contribution is 2.17. The first-order chi connectivity index (χ1) is 9.69. The number of rotatable bonds is 5. The summed E-state index contributed by atoms with van der Waals surface area (Å²) < 4.78 is 5.66. The molecule has 0 aliphatic rings. The van der Waals surface area contributed by atoms with Crippen molar-refractivity contribution in [3.8, 4) is 11.9 Å². The van der Waals surface area contributed by atoms with Crippen LogP contribution in [-0.2, 0) is 6.54 Å². The molecule has 5 nitrogen and oxygen atoms in total. The third-order valence-corrected chi connectivity index (χ3v) is 2.56. The second kappa shape index (κ2) is 6.53. The van der Waals surface area contributed by atoms with Crippen molar-refractivity contribution < 1.29 is 4.74 Å². The van der Waals surface area contributed by atoms with Crippen LogP contribution < -0.4 is 10.1 Å². The van der Waals surface area contributed by atoms with Crippen molar-refractivity contribution in [3.05, 3.63) is 47.9 Å². The fourth-order valence-corrected chi connectivity index (χ4v) is 1.65. The van der Waals surface area contributed by atoms with Crippen molar-refractivity contribution in [1.82, 2.24) is 9.97 Å². The number of nitrogens with one attached hydrogen (secondary N) is 1. The second-order valence-corrected chi connectivity index (χ2v) is 4.53. The maximum atomic E-state index is 8.70. The maximum Gasteiger partial charge on any atom is 0.218 e. The van der Waals surface area contributed by atoms with E-state index < -0.39 is 0 Å². The monoisotopic (exact) mass is 268 g/mol. The molecule has 1 N–H and O–H groups in total. The van der Waals surface area contributed by atoms with Crippen LogP contribution in [0.25, 0.3) is 0 Å². The molecule has 2 aromatic rings. The summed E-state index contributed by atoms with van der Waals surface area (Å²) in [6.45, 7) is 4.52. The van der Waals surface area contributed by atoms with Crippen molar-refractivity contribution in [1.29, 1.82) is 5.26 Å². The molecular formula is C15H16N4O. The van der Waals surface area contributed by atoms with Crippen molar-refractivity contribution in [2.45, 2.75) is 26.5 Å². The van der Waals surface area contributed by atoms with Crippen LogP contribution in [0.1, 0.15) is 25.1 Å². The minimum atomic E-state index is 0.0835. The first kappa shape index (κ1) is 13.8. The van der Waals surface area contributed by atoms with Crippen LogP contribution in [0, 0.1) is 11.3 Å².